The third-order valence-electron chi connectivity index (χ3n) is 7.53. The fourth-order valence-corrected chi connectivity index (χ4v) is 5.43. The quantitative estimate of drug-likeness (QED) is 0.0763. The molecule has 5 aromatic rings. The Kier molecular flexibility index (Phi) is 9.35. The van der Waals surface area contributed by atoms with E-state index in [1.54, 1.807) is 18.2 Å². The van der Waals surface area contributed by atoms with Crippen molar-refractivity contribution in [3.8, 4) is 28.5 Å². The van der Waals surface area contributed by atoms with Gasteiger partial charge in [0.05, 0.1) is 36.4 Å². The summed E-state index contributed by atoms with van der Waals surface area (Å²) in [6.07, 6.45) is 1.48. The zero-order valence-corrected chi connectivity index (χ0v) is 24.5. The van der Waals surface area contributed by atoms with Crippen LogP contribution in [0.1, 0.15) is 35.7 Å². The first-order valence-corrected chi connectivity index (χ1v) is 14.5. The van der Waals surface area contributed by atoms with Crippen LogP contribution in [-0.2, 0) is 16.1 Å². The van der Waals surface area contributed by atoms with Gasteiger partial charge in [-0.05, 0) is 53.8 Å². The molecule has 15 nitrogen and oxygen atoms in total. The number of imidazole rings is 1. The Labute approximate surface area is 257 Å². The van der Waals surface area contributed by atoms with Crippen molar-refractivity contribution >= 4 is 17.0 Å². The minimum Gasteiger partial charge on any atom is -0.756 e. The molecular weight excluding hydrogens is 582 g/mol. The summed E-state index contributed by atoms with van der Waals surface area (Å²) in [5, 5.41) is 38.0. The highest BCUT2D eigenvalue weighted by Crippen LogP contribution is 2.31. The molecule has 1 aliphatic heterocycles. The number of hydrazine groups is 2. The van der Waals surface area contributed by atoms with Gasteiger partial charge in [0.2, 0.25) is 12.6 Å². The first-order chi connectivity index (χ1) is 22.1. The van der Waals surface area contributed by atoms with E-state index in [-0.39, 0.29) is 18.2 Å². The Morgan fingerprint density at radius 1 is 1.13 bits per heavy atom. The number of tetrazole rings is 1. The van der Waals surface area contributed by atoms with Crippen LogP contribution in [0.2, 0.25) is 0 Å². The van der Waals surface area contributed by atoms with Crippen LogP contribution in [0.25, 0.3) is 33.5 Å². The molecule has 0 amide bonds. The number of hydrogen-bond acceptors (Lipinski definition) is 13. The first kappa shape index (κ1) is 30.3. The highest BCUT2D eigenvalue weighted by atomic mass is 16.8. The summed E-state index contributed by atoms with van der Waals surface area (Å²) in [6.45, 7) is 2.43. The number of nitrogens with zero attached hydrogens (tertiary/aromatic N) is 7. The van der Waals surface area contributed by atoms with E-state index in [4.69, 9.17) is 14.3 Å². The van der Waals surface area contributed by atoms with Crippen LogP contribution in [-0.4, -0.2) is 84.1 Å². The van der Waals surface area contributed by atoms with Gasteiger partial charge in [0.1, 0.15) is 0 Å². The van der Waals surface area contributed by atoms with E-state index in [0.717, 1.165) is 28.7 Å². The molecule has 1 atom stereocenters. The Hall–Kier alpha value is -4.77. The zero-order valence-electron chi connectivity index (χ0n) is 24.5. The van der Waals surface area contributed by atoms with E-state index in [1.807, 2.05) is 60.0 Å². The number of aliphatic hydroxyl groups excluding tert-OH is 1. The number of esters is 1. The molecule has 6 rings (SSSR count). The maximum atomic E-state index is 13.2. The number of para-hydroxylation sites is 1. The average Bonchev–Trinajstić information content (AvgIpc) is 3.84. The van der Waals surface area contributed by atoms with E-state index >= 15 is 0 Å². The van der Waals surface area contributed by atoms with Crippen molar-refractivity contribution in [1.29, 1.82) is 0 Å². The predicted molar refractivity (Wildman–Crippen MR) is 162 cm³/mol. The molecule has 1 aliphatic rings. The van der Waals surface area contributed by atoms with Gasteiger partial charge in [-0.15, -0.1) is 15.8 Å². The topological polar surface area (TPSA) is 179 Å². The summed E-state index contributed by atoms with van der Waals surface area (Å²) < 4.78 is 13.0. The summed E-state index contributed by atoms with van der Waals surface area (Å²) in [5.41, 5.74) is 7.30. The first-order valence-electron chi connectivity index (χ1n) is 14.5. The third-order valence-corrected chi connectivity index (χ3v) is 7.53. The van der Waals surface area contributed by atoms with Crippen molar-refractivity contribution in [2.75, 3.05) is 26.6 Å². The Morgan fingerprint density at radius 3 is 2.71 bits per heavy atom. The van der Waals surface area contributed by atoms with Crippen LogP contribution in [0.5, 0.6) is 6.01 Å². The maximum absolute atomic E-state index is 13.2. The summed E-state index contributed by atoms with van der Waals surface area (Å²) in [4.78, 5) is 22.9. The molecule has 15 heteroatoms. The number of aliphatic hydroxyl groups is 1. The van der Waals surface area contributed by atoms with Crippen LogP contribution in [0, 0.1) is 5.21 Å². The van der Waals surface area contributed by atoms with Crippen LogP contribution < -0.4 is 10.3 Å². The number of hydrogen-bond donors (Lipinski definition) is 3. The van der Waals surface area contributed by atoms with Gasteiger partial charge in [-0.3, -0.25) is 4.57 Å². The van der Waals surface area contributed by atoms with Crippen molar-refractivity contribution in [3.05, 3.63) is 83.1 Å². The fraction of sp³-hybridized carbons (Fsp3) is 0.300. The number of nitrogens with one attached hydrogen (secondary N) is 2. The van der Waals surface area contributed by atoms with Crippen LogP contribution in [0.4, 0.5) is 0 Å². The minimum atomic E-state index is -0.660. The molecular formula is C30H32N9O6-. The van der Waals surface area contributed by atoms with Gasteiger partial charge in [0.25, 0.3) is 6.01 Å². The van der Waals surface area contributed by atoms with Gasteiger partial charge in [-0.2, -0.15) is 10.2 Å². The van der Waals surface area contributed by atoms with E-state index < -0.39 is 12.8 Å². The number of benzene rings is 3. The number of ether oxygens (including phenoxy) is 2. The number of carbonyl (C=O) groups excluding carboxylic acids is 1. The lowest BCUT2D eigenvalue weighted by molar-refractivity contribution is -0.198. The van der Waals surface area contributed by atoms with E-state index in [2.05, 4.69) is 31.2 Å². The monoisotopic (exact) mass is 614 g/mol. The second kappa shape index (κ2) is 13.9. The summed E-state index contributed by atoms with van der Waals surface area (Å²) in [6, 6.07) is 21.1. The molecule has 0 bridgehead atoms. The number of carbonyl (C=O) groups is 1. The number of rotatable bonds is 13. The highest BCUT2D eigenvalue weighted by molar-refractivity contribution is 6.02. The lowest BCUT2D eigenvalue weighted by Gasteiger charge is -2.39. The van der Waals surface area contributed by atoms with Crippen LogP contribution in [0.3, 0.4) is 0 Å². The number of H-pyrrole nitrogens is 1. The maximum Gasteiger partial charge on any atom is 0.342 e. The molecule has 234 valence electrons. The Bertz CT molecular complexity index is 1730. The van der Waals surface area contributed by atoms with Gasteiger partial charge in [-0.25, -0.2) is 19.9 Å². The van der Waals surface area contributed by atoms with Gasteiger partial charge in [-0.1, -0.05) is 54.6 Å². The molecule has 0 aliphatic carbocycles. The Morgan fingerprint density at radius 2 is 1.96 bits per heavy atom. The van der Waals surface area contributed by atoms with Crippen molar-refractivity contribution in [2.24, 2.45) is 0 Å². The molecule has 1 fully saturated rings. The van der Waals surface area contributed by atoms with E-state index in [9.17, 15) is 15.1 Å². The lowest BCUT2D eigenvalue weighted by Crippen LogP contribution is -2.50. The van der Waals surface area contributed by atoms with Crippen molar-refractivity contribution < 1.29 is 24.2 Å². The van der Waals surface area contributed by atoms with Crippen LogP contribution in [0.15, 0.2) is 66.7 Å². The molecule has 1 saturated heterocycles. The van der Waals surface area contributed by atoms with E-state index in [0.29, 0.717) is 54.3 Å². The SMILES string of the molecule is CCOc1nc2cccc(C(=O)OCONN([O-])N3CCC[C@H]3CO)c2n1Cc1ccc(-c2ccccc2-c2nn[nH]n2)cc1. The van der Waals surface area contributed by atoms with Gasteiger partial charge in [0, 0.05) is 18.2 Å². The molecule has 0 radical (unpaired) electrons. The molecule has 45 heavy (non-hydrogen) atoms. The fourth-order valence-electron chi connectivity index (χ4n) is 5.43. The lowest BCUT2D eigenvalue weighted by atomic mass is 9.98. The largest absolute Gasteiger partial charge is 0.756 e. The van der Waals surface area contributed by atoms with Crippen LogP contribution >= 0.6 is 0 Å². The Balaban J connectivity index is 1.19. The molecule has 0 spiro atoms. The number of aromatic amines is 1. The average molecular weight is 615 g/mol. The normalized spacial score (nSPS) is 15.2. The second-order valence-corrected chi connectivity index (χ2v) is 10.3. The van der Waals surface area contributed by atoms with Gasteiger partial charge >= 0.3 is 5.97 Å². The highest BCUT2D eigenvalue weighted by Gasteiger charge is 2.25. The zero-order chi connectivity index (χ0) is 31.2. The van der Waals surface area contributed by atoms with Gasteiger partial charge in [0.15, 0.2) is 0 Å². The van der Waals surface area contributed by atoms with E-state index in [1.165, 1.54) is 5.01 Å². The molecule has 0 saturated carbocycles. The molecule has 3 aromatic carbocycles. The summed E-state index contributed by atoms with van der Waals surface area (Å²) in [5.74, 6) is -0.152. The van der Waals surface area contributed by atoms with Crippen molar-refractivity contribution in [3.63, 3.8) is 0 Å². The molecule has 3 heterocycles. The third kappa shape index (κ3) is 6.53. The summed E-state index contributed by atoms with van der Waals surface area (Å²) >= 11 is 0. The minimum absolute atomic E-state index is 0.142. The number of aromatic nitrogens is 6. The second-order valence-electron chi connectivity index (χ2n) is 10.3. The standard InChI is InChI=1S/C30H32N9O6/c1-2-43-30-31-26-11-5-10-25(29(41)44-19-45-36-39(42)38-16-6-7-22(38)18-40)27(26)37(30)17-20-12-14-21(15-13-20)23-8-3-4-9-24(23)28-32-34-35-33-28/h3-5,8-15,22,36,40H,2,6-7,16-19H2,1H3,(H,32,33,34,35)/q-1/t22-/m0/s1. The smallest absolute Gasteiger partial charge is 0.342 e. The molecule has 3 N–H and O–H groups in total. The number of fused-ring (bicyclic) bond motifs is 1. The molecule has 2 aromatic heterocycles. The van der Waals surface area contributed by atoms with Crippen molar-refractivity contribution in [1.82, 2.24) is 46.1 Å². The predicted octanol–water partition coefficient (Wildman–Crippen LogP) is 3.05. The molecule has 0 unspecified atom stereocenters. The van der Waals surface area contributed by atoms with Gasteiger partial charge < -0.3 is 19.8 Å². The van der Waals surface area contributed by atoms with Crippen molar-refractivity contribution in [2.45, 2.75) is 32.4 Å². The summed E-state index contributed by atoms with van der Waals surface area (Å²) in [7, 11) is 0.